The molecule has 1 aliphatic rings. The summed E-state index contributed by atoms with van der Waals surface area (Å²) in [5.74, 6) is -0.127. The molecule has 9 nitrogen and oxygen atoms in total. The molecule has 2 heterocycles. The Morgan fingerprint density at radius 3 is 2.72 bits per heavy atom. The van der Waals surface area contributed by atoms with Crippen molar-refractivity contribution in [2.75, 3.05) is 33.4 Å². The molecule has 0 atom stereocenters. The lowest BCUT2D eigenvalue weighted by molar-refractivity contribution is 0.0396. The van der Waals surface area contributed by atoms with Gasteiger partial charge in [0, 0.05) is 0 Å². The van der Waals surface area contributed by atoms with Crippen molar-refractivity contribution in [3.8, 4) is 17.3 Å². The summed E-state index contributed by atoms with van der Waals surface area (Å²) in [6.07, 6.45) is 1.24. The number of aromatic hydroxyl groups is 1. The minimum absolute atomic E-state index is 0.114. The van der Waals surface area contributed by atoms with Crippen LogP contribution in [-0.4, -0.2) is 59.3 Å². The van der Waals surface area contributed by atoms with E-state index < -0.39 is 17.1 Å². The van der Waals surface area contributed by atoms with Gasteiger partial charge in [0.1, 0.15) is 11.3 Å². The van der Waals surface area contributed by atoms with E-state index in [0.29, 0.717) is 37.7 Å². The number of nitrogens with zero attached hydrogens (tertiary/aromatic N) is 3. The molecule has 132 valence electrons. The Hall–Kier alpha value is -3.07. The number of aromatic amines is 1. The highest BCUT2D eigenvalue weighted by molar-refractivity contribution is 5.82. The fourth-order valence-corrected chi connectivity index (χ4v) is 2.50. The predicted octanol–water partition coefficient (Wildman–Crippen LogP) is -0.0939. The monoisotopic (exact) mass is 346 g/mol. The zero-order valence-corrected chi connectivity index (χ0v) is 13.6. The van der Waals surface area contributed by atoms with E-state index in [1.54, 1.807) is 29.3 Å². The van der Waals surface area contributed by atoms with Crippen LogP contribution in [0.2, 0.25) is 0 Å². The van der Waals surface area contributed by atoms with E-state index >= 15 is 0 Å². The molecule has 0 amide bonds. The molecule has 3 rings (SSSR count). The lowest BCUT2D eigenvalue weighted by Gasteiger charge is -2.23. The van der Waals surface area contributed by atoms with Gasteiger partial charge in [-0.05, 0) is 12.1 Å². The summed E-state index contributed by atoms with van der Waals surface area (Å²) in [7, 11) is 1.45. The van der Waals surface area contributed by atoms with Crippen LogP contribution in [0.15, 0.2) is 39.0 Å². The number of hydrogen-bond donors (Lipinski definition) is 2. The number of aromatic nitrogens is 2. The summed E-state index contributed by atoms with van der Waals surface area (Å²) in [6, 6.07) is 6.67. The minimum atomic E-state index is -0.768. The first-order chi connectivity index (χ1) is 12.1. The summed E-state index contributed by atoms with van der Waals surface area (Å²) in [4.78, 5) is 26.5. The van der Waals surface area contributed by atoms with Crippen molar-refractivity contribution in [3.05, 3.63) is 50.7 Å². The third-order valence-electron chi connectivity index (χ3n) is 3.78. The number of hydrazone groups is 1. The molecule has 0 saturated carbocycles. The van der Waals surface area contributed by atoms with Gasteiger partial charge >= 0.3 is 5.69 Å². The molecular weight excluding hydrogens is 328 g/mol. The minimum Gasteiger partial charge on any atom is -0.495 e. The Morgan fingerprint density at radius 2 is 2.00 bits per heavy atom. The Morgan fingerprint density at radius 1 is 1.28 bits per heavy atom. The molecule has 25 heavy (non-hydrogen) atoms. The van der Waals surface area contributed by atoms with Crippen molar-refractivity contribution in [1.29, 1.82) is 0 Å². The Bertz CT molecular complexity index is 896. The summed E-state index contributed by atoms with van der Waals surface area (Å²) in [5.41, 5.74) is -1.29. The first kappa shape index (κ1) is 16.8. The molecule has 0 bridgehead atoms. The topological polar surface area (TPSA) is 109 Å². The lowest BCUT2D eigenvalue weighted by Crippen LogP contribution is -2.34. The van der Waals surface area contributed by atoms with Crippen molar-refractivity contribution in [2.24, 2.45) is 5.10 Å². The van der Waals surface area contributed by atoms with Crippen LogP contribution >= 0.6 is 0 Å². The average Bonchev–Trinajstić information content (AvgIpc) is 2.62. The molecule has 2 N–H and O–H groups in total. The van der Waals surface area contributed by atoms with Crippen LogP contribution < -0.4 is 16.0 Å². The molecule has 1 saturated heterocycles. The lowest BCUT2D eigenvalue weighted by atomic mass is 10.2. The van der Waals surface area contributed by atoms with E-state index in [2.05, 4.69) is 10.1 Å². The molecule has 0 spiro atoms. The zero-order chi connectivity index (χ0) is 17.8. The van der Waals surface area contributed by atoms with E-state index in [1.807, 2.05) is 0 Å². The summed E-state index contributed by atoms with van der Waals surface area (Å²) >= 11 is 0. The number of para-hydroxylation sites is 2. The molecule has 1 aromatic heterocycles. The van der Waals surface area contributed by atoms with Crippen molar-refractivity contribution < 1.29 is 14.6 Å². The smallest absolute Gasteiger partial charge is 0.335 e. The van der Waals surface area contributed by atoms with Gasteiger partial charge in [0.25, 0.3) is 5.56 Å². The van der Waals surface area contributed by atoms with Crippen molar-refractivity contribution >= 4 is 6.21 Å². The van der Waals surface area contributed by atoms with Crippen LogP contribution in [0, 0.1) is 0 Å². The predicted molar refractivity (Wildman–Crippen MR) is 90.9 cm³/mol. The van der Waals surface area contributed by atoms with Gasteiger partial charge in [0.15, 0.2) is 0 Å². The van der Waals surface area contributed by atoms with Crippen molar-refractivity contribution in [2.45, 2.75) is 0 Å². The van der Waals surface area contributed by atoms with E-state index in [-0.39, 0.29) is 5.56 Å². The quantitative estimate of drug-likeness (QED) is 0.749. The first-order valence-corrected chi connectivity index (χ1v) is 7.70. The molecule has 1 fully saturated rings. The molecule has 9 heteroatoms. The molecular formula is C16H18N4O5. The van der Waals surface area contributed by atoms with Crippen molar-refractivity contribution in [1.82, 2.24) is 14.6 Å². The number of ether oxygens (including phenoxy) is 2. The third-order valence-corrected chi connectivity index (χ3v) is 3.78. The van der Waals surface area contributed by atoms with Crippen LogP contribution in [-0.2, 0) is 4.74 Å². The maximum Gasteiger partial charge on any atom is 0.335 e. The summed E-state index contributed by atoms with van der Waals surface area (Å²) < 4.78 is 11.4. The fraction of sp³-hybridized carbons (Fsp3) is 0.312. The van der Waals surface area contributed by atoms with Gasteiger partial charge in [-0.15, -0.1) is 0 Å². The first-order valence-electron chi connectivity index (χ1n) is 7.70. The Balaban J connectivity index is 2.07. The van der Waals surface area contributed by atoms with E-state index in [4.69, 9.17) is 9.47 Å². The van der Waals surface area contributed by atoms with Crippen LogP contribution in [0.4, 0.5) is 0 Å². The SMILES string of the molecule is COc1ccccc1-n1c(O)c(C=NN2CCOCC2)c(=O)[nH]c1=O. The second-order valence-electron chi connectivity index (χ2n) is 5.31. The summed E-state index contributed by atoms with van der Waals surface area (Å²) in [6.45, 7) is 2.25. The molecule has 1 aliphatic heterocycles. The van der Waals surface area contributed by atoms with Crippen LogP contribution in [0.5, 0.6) is 11.6 Å². The van der Waals surface area contributed by atoms with Crippen LogP contribution in [0.25, 0.3) is 5.69 Å². The fourth-order valence-electron chi connectivity index (χ4n) is 2.50. The molecule has 0 aliphatic carbocycles. The standard InChI is InChI=1S/C16H18N4O5/c1-24-13-5-3-2-4-12(13)20-15(22)11(14(21)18-16(20)23)10-17-19-6-8-25-9-7-19/h2-5,10,22H,6-9H2,1H3,(H,18,21,23). The second kappa shape index (κ2) is 7.22. The highest BCUT2D eigenvalue weighted by Crippen LogP contribution is 2.24. The third kappa shape index (κ3) is 3.41. The van der Waals surface area contributed by atoms with E-state index in [1.165, 1.54) is 13.3 Å². The number of rotatable bonds is 4. The summed E-state index contributed by atoms with van der Waals surface area (Å²) in [5, 5.41) is 16.4. The normalized spacial score (nSPS) is 14.8. The van der Waals surface area contributed by atoms with Gasteiger partial charge in [-0.3, -0.25) is 14.8 Å². The molecule has 0 radical (unpaired) electrons. The number of nitrogens with one attached hydrogen (secondary N) is 1. The molecule has 0 unspecified atom stereocenters. The number of benzene rings is 1. The van der Waals surface area contributed by atoms with Gasteiger partial charge in [0.05, 0.1) is 45.3 Å². The molecule has 1 aromatic carbocycles. The zero-order valence-electron chi connectivity index (χ0n) is 13.6. The maximum absolute atomic E-state index is 12.2. The Kier molecular flexibility index (Phi) is 4.85. The van der Waals surface area contributed by atoms with Crippen molar-refractivity contribution in [3.63, 3.8) is 0 Å². The van der Waals surface area contributed by atoms with E-state index in [9.17, 15) is 14.7 Å². The van der Waals surface area contributed by atoms with Gasteiger partial charge in [-0.2, -0.15) is 5.10 Å². The maximum atomic E-state index is 12.2. The number of morpholine rings is 1. The van der Waals surface area contributed by atoms with Gasteiger partial charge in [0.2, 0.25) is 5.88 Å². The number of H-pyrrole nitrogens is 1. The highest BCUT2D eigenvalue weighted by Gasteiger charge is 2.17. The van der Waals surface area contributed by atoms with Gasteiger partial charge < -0.3 is 14.6 Å². The Labute approximate surface area is 142 Å². The van der Waals surface area contributed by atoms with Gasteiger partial charge in [-0.25, -0.2) is 9.36 Å². The van der Waals surface area contributed by atoms with Crippen LogP contribution in [0.1, 0.15) is 5.56 Å². The van der Waals surface area contributed by atoms with Crippen LogP contribution in [0.3, 0.4) is 0 Å². The number of hydrogen-bond acceptors (Lipinski definition) is 7. The highest BCUT2D eigenvalue weighted by atomic mass is 16.5. The number of methoxy groups -OCH3 is 1. The van der Waals surface area contributed by atoms with Gasteiger partial charge in [-0.1, -0.05) is 12.1 Å². The van der Waals surface area contributed by atoms with E-state index in [0.717, 1.165) is 4.57 Å². The second-order valence-corrected chi connectivity index (χ2v) is 5.31. The largest absolute Gasteiger partial charge is 0.495 e. The molecule has 2 aromatic rings. The average molecular weight is 346 g/mol.